The second-order valence-corrected chi connectivity index (χ2v) is 8.24. The van der Waals surface area contributed by atoms with Gasteiger partial charge in [0.2, 0.25) is 0 Å². The highest BCUT2D eigenvalue weighted by molar-refractivity contribution is 6.03. The number of ether oxygens (including phenoxy) is 2. The molecule has 0 aliphatic carbocycles. The maximum absolute atomic E-state index is 14.0. The molecular weight excluding hydrogens is 449 g/mol. The molecule has 1 aromatic heterocycles. The molecular formula is C24H25F3N4O3. The zero-order chi connectivity index (χ0) is 24.6. The molecule has 7 nitrogen and oxygen atoms in total. The van der Waals surface area contributed by atoms with E-state index in [2.05, 4.69) is 15.7 Å². The number of hydrogen-bond acceptors (Lipinski definition) is 5. The van der Waals surface area contributed by atoms with E-state index in [1.807, 2.05) is 26.0 Å². The first-order chi connectivity index (χ1) is 16.1. The lowest BCUT2D eigenvalue weighted by molar-refractivity contribution is -0.173. The van der Waals surface area contributed by atoms with Crippen LogP contribution >= 0.6 is 0 Å². The maximum atomic E-state index is 14.0. The number of halogens is 3. The third-order valence-corrected chi connectivity index (χ3v) is 5.86. The average Bonchev–Trinajstić information content (AvgIpc) is 3.23. The standard InChI is InChI=1S/C24H25F3N4O3/c1-13-5-7-16(14(2)9-13)29-23(32)18-12-22-28-17(11-21(24(25,26)27)31(22)30-18)15-6-8-19(33-3)20(10-15)34-4/h5-10,12,17,21,28H,11H2,1-4H3,(H,29,32)/t17-,21+/m0/s1. The summed E-state index contributed by atoms with van der Waals surface area (Å²) in [6, 6.07) is 9.24. The number of methoxy groups -OCH3 is 2. The van der Waals surface area contributed by atoms with Crippen LogP contribution < -0.4 is 20.1 Å². The SMILES string of the molecule is COc1ccc([C@@H]2C[C@H](C(F)(F)F)n3nc(C(=O)Nc4ccc(C)cc4C)cc3N2)cc1OC. The van der Waals surface area contributed by atoms with Crippen LogP contribution in [0.3, 0.4) is 0 Å². The van der Waals surface area contributed by atoms with Crippen molar-refractivity contribution in [2.24, 2.45) is 0 Å². The van der Waals surface area contributed by atoms with Gasteiger partial charge in [-0.3, -0.25) is 4.79 Å². The quantitative estimate of drug-likeness (QED) is 0.516. The van der Waals surface area contributed by atoms with Crippen LogP contribution in [0.2, 0.25) is 0 Å². The number of aryl methyl sites for hydroxylation is 2. The molecule has 10 heteroatoms. The lowest BCUT2D eigenvalue weighted by Gasteiger charge is -2.33. The number of alkyl halides is 3. The van der Waals surface area contributed by atoms with E-state index >= 15 is 0 Å². The van der Waals surface area contributed by atoms with Crippen LogP contribution in [0.1, 0.15) is 45.7 Å². The summed E-state index contributed by atoms with van der Waals surface area (Å²) in [4.78, 5) is 12.8. The highest BCUT2D eigenvalue weighted by Crippen LogP contribution is 2.44. The Labute approximate surface area is 194 Å². The van der Waals surface area contributed by atoms with Crippen molar-refractivity contribution in [1.82, 2.24) is 9.78 Å². The largest absolute Gasteiger partial charge is 0.493 e. The minimum Gasteiger partial charge on any atom is -0.493 e. The Morgan fingerprint density at radius 2 is 1.82 bits per heavy atom. The van der Waals surface area contributed by atoms with E-state index < -0.39 is 24.2 Å². The van der Waals surface area contributed by atoms with Crippen molar-refractivity contribution in [3.63, 3.8) is 0 Å². The summed E-state index contributed by atoms with van der Waals surface area (Å²) in [5.41, 5.74) is 2.94. The molecule has 34 heavy (non-hydrogen) atoms. The summed E-state index contributed by atoms with van der Waals surface area (Å²) in [5.74, 6) is 0.418. The smallest absolute Gasteiger partial charge is 0.410 e. The van der Waals surface area contributed by atoms with Crippen molar-refractivity contribution in [1.29, 1.82) is 0 Å². The number of fused-ring (bicyclic) bond motifs is 1. The van der Waals surface area contributed by atoms with Gasteiger partial charge in [0.25, 0.3) is 5.91 Å². The van der Waals surface area contributed by atoms with Crippen molar-refractivity contribution in [2.75, 3.05) is 24.9 Å². The Balaban J connectivity index is 1.65. The third kappa shape index (κ3) is 4.52. The number of nitrogens with one attached hydrogen (secondary N) is 2. The molecule has 1 amide bonds. The Bertz CT molecular complexity index is 1220. The zero-order valence-corrected chi connectivity index (χ0v) is 19.2. The number of anilines is 2. The first-order valence-electron chi connectivity index (χ1n) is 10.6. The van der Waals surface area contributed by atoms with Gasteiger partial charge in [-0.1, -0.05) is 23.8 Å². The average molecular weight is 474 g/mol. The molecule has 0 unspecified atom stereocenters. The second-order valence-electron chi connectivity index (χ2n) is 8.24. The maximum Gasteiger partial charge on any atom is 0.410 e. The Morgan fingerprint density at radius 3 is 2.47 bits per heavy atom. The molecule has 0 bridgehead atoms. The Kier molecular flexibility index (Phi) is 6.16. The number of carbonyl (C=O) groups is 1. The van der Waals surface area contributed by atoms with Crippen molar-refractivity contribution < 1.29 is 27.4 Å². The summed E-state index contributed by atoms with van der Waals surface area (Å²) in [6.07, 6.45) is -4.86. The van der Waals surface area contributed by atoms with Crippen molar-refractivity contribution in [3.05, 3.63) is 64.8 Å². The first-order valence-corrected chi connectivity index (χ1v) is 10.6. The third-order valence-electron chi connectivity index (χ3n) is 5.86. The minimum absolute atomic E-state index is 0.107. The molecule has 0 spiro atoms. The highest BCUT2D eigenvalue weighted by Gasteiger charge is 2.47. The fourth-order valence-electron chi connectivity index (χ4n) is 4.11. The molecule has 180 valence electrons. The molecule has 3 aromatic rings. The van der Waals surface area contributed by atoms with Crippen molar-refractivity contribution >= 4 is 17.4 Å². The van der Waals surface area contributed by atoms with Crippen LogP contribution in [0.4, 0.5) is 24.7 Å². The summed E-state index contributed by atoms with van der Waals surface area (Å²) in [7, 11) is 2.95. The van der Waals surface area contributed by atoms with Crippen molar-refractivity contribution in [3.8, 4) is 11.5 Å². The molecule has 2 atom stereocenters. The van der Waals surface area contributed by atoms with Gasteiger partial charge in [0, 0.05) is 18.2 Å². The normalized spacial score (nSPS) is 17.5. The summed E-state index contributed by atoms with van der Waals surface area (Å²) in [5, 5.41) is 9.83. The molecule has 0 fully saturated rings. The minimum atomic E-state index is -4.56. The number of amides is 1. The monoisotopic (exact) mass is 474 g/mol. The van der Waals surface area contributed by atoms with Crippen molar-refractivity contribution in [2.45, 2.75) is 38.5 Å². The number of hydrogen-bond donors (Lipinski definition) is 2. The summed E-state index contributed by atoms with van der Waals surface area (Å²) in [6.45, 7) is 3.77. The Hall–Kier alpha value is -3.69. The number of rotatable bonds is 5. The molecule has 0 saturated heterocycles. The van der Waals surface area contributed by atoms with Crippen LogP contribution in [0, 0.1) is 13.8 Å². The fraction of sp³-hybridized carbons (Fsp3) is 0.333. The van der Waals surface area contributed by atoms with Gasteiger partial charge >= 0.3 is 6.18 Å². The molecule has 1 aliphatic heterocycles. The van der Waals surface area contributed by atoms with E-state index in [0.717, 1.165) is 15.8 Å². The molecule has 1 aliphatic rings. The van der Waals surface area contributed by atoms with Crippen LogP contribution in [-0.4, -0.2) is 36.1 Å². The van der Waals surface area contributed by atoms with E-state index in [1.54, 1.807) is 24.3 Å². The molecule has 2 heterocycles. The van der Waals surface area contributed by atoms with E-state index in [9.17, 15) is 18.0 Å². The number of carbonyl (C=O) groups excluding carboxylic acids is 1. The van der Waals surface area contributed by atoms with Crippen LogP contribution in [0.25, 0.3) is 0 Å². The van der Waals surface area contributed by atoms with Crippen LogP contribution in [0.5, 0.6) is 11.5 Å². The number of benzene rings is 2. The molecule has 2 N–H and O–H groups in total. The topological polar surface area (TPSA) is 77.4 Å². The molecule has 4 rings (SSSR count). The van der Waals surface area contributed by atoms with Gasteiger partial charge in [0.05, 0.1) is 20.3 Å². The lowest BCUT2D eigenvalue weighted by Crippen LogP contribution is -2.35. The van der Waals surface area contributed by atoms with Crippen LogP contribution in [-0.2, 0) is 0 Å². The van der Waals surface area contributed by atoms with E-state index in [4.69, 9.17) is 9.47 Å². The highest BCUT2D eigenvalue weighted by atomic mass is 19.4. The van der Waals surface area contributed by atoms with Gasteiger partial charge in [-0.05, 0) is 43.2 Å². The molecule has 2 aromatic carbocycles. The fourth-order valence-corrected chi connectivity index (χ4v) is 4.11. The van der Waals surface area contributed by atoms with Crippen LogP contribution in [0.15, 0.2) is 42.5 Å². The van der Waals surface area contributed by atoms with Gasteiger partial charge < -0.3 is 20.1 Å². The zero-order valence-electron chi connectivity index (χ0n) is 19.2. The van der Waals surface area contributed by atoms with E-state index in [1.165, 1.54) is 20.3 Å². The molecule has 0 saturated carbocycles. The van der Waals surface area contributed by atoms with Gasteiger partial charge in [0.15, 0.2) is 23.2 Å². The molecule has 0 radical (unpaired) electrons. The second kappa shape index (κ2) is 8.92. The first kappa shape index (κ1) is 23.5. The van der Waals surface area contributed by atoms with Gasteiger partial charge in [-0.15, -0.1) is 0 Å². The van der Waals surface area contributed by atoms with Gasteiger partial charge in [-0.2, -0.15) is 18.3 Å². The van der Waals surface area contributed by atoms with E-state index in [-0.39, 0.29) is 17.9 Å². The van der Waals surface area contributed by atoms with Gasteiger partial charge in [0.1, 0.15) is 5.82 Å². The summed E-state index contributed by atoms with van der Waals surface area (Å²) < 4.78 is 53.3. The number of aromatic nitrogens is 2. The lowest BCUT2D eigenvalue weighted by atomic mass is 9.96. The predicted molar refractivity (Wildman–Crippen MR) is 122 cm³/mol. The predicted octanol–water partition coefficient (Wildman–Crippen LogP) is 5.43. The Morgan fingerprint density at radius 1 is 1.09 bits per heavy atom. The summed E-state index contributed by atoms with van der Waals surface area (Å²) >= 11 is 0. The number of nitrogens with zero attached hydrogens (tertiary/aromatic N) is 2. The van der Waals surface area contributed by atoms with E-state index in [0.29, 0.717) is 22.7 Å². The van der Waals surface area contributed by atoms with Gasteiger partial charge in [-0.25, -0.2) is 4.68 Å².